The molecule has 1 unspecified atom stereocenters. The van der Waals surface area contributed by atoms with E-state index < -0.39 is 0 Å². The Labute approximate surface area is 60.9 Å². The first-order chi connectivity index (χ1) is 4.69. The van der Waals surface area contributed by atoms with Crippen LogP contribution < -0.4 is 0 Å². The van der Waals surface area contributed by atoms with Crippen molar-refractivity contribution in [3.8, 4) is 0 Å². The van der Waals surface area contributed by atoms with Gasteiger partial charge < -0.3 is 4.74 Å². The molecule has 1 saturated heterocycles. The van der Waals surface area contributed by atoms with E-state index in [9.17, 15) is 4.79 Å². The Balaban J connectivity index is 2.65. The molecule has 1 aliphatic rings. The van der Waals surface area contributed by atoms with Crippen LogP contribution in [0.3, 0.4) is 0 Å². The molecule has 0 radical (unpaired) electrons. The van der Waals surface area contributed by atoms with Crippen molar-refractivity contribution >= 4 is 5.97 Å². The summed E-state index contributed by atoms with van der Waals surface area (Å²) >= 11 is 0. The number of rotatable bonds is 2. The molecule has 0 saturated carbocycles. The zero-order valence-corrected chi connectivity index (χ0v) is 6.22. The minimum absolute atomic E-state index is 0.0765. The van der Waals surface area contributed by atoms with Crippen molar-refractivity contribution in [2.45, 2.75) is 19.8 Å². The van der Waals surface area contributed by atoms with Crippen LogP contribution in [0.1, 0.15) is 19.8 Å². The molecule has 0 aromatic carbocycles. The van der Waals surface area contributed by atoms with E-state index in [1.165, 1.54) is 0 Å². The summed E-state index contributed by atoms with van der Waals surface area (Å²) in [6.07, 6.45) is 3.33. The van der Waals surface area contributed by atoms with Crippen LogP contribution in [0.5, 0.6) is 0 Å². The van der Waals surface area contributed by atoms with Crippen LogP contribution in [-0.2, 0) is 9.53 Å². The van der Waals surface area contributed by atoms with Gasteiger partial charge in [0.15, 0.2) is 0 Å². The maximum absolute atomic E-state index is 11.0. The second-order valence-electron chi connectivity index (χ2n) is 2.94. The van der Waals surface area contributed by atoms with Crippen LogP contribution in [0.25, 0.3) is 0 Å². The number of cyclic esters (lactones) is 1. The first kappa shape index (κ1) is 7.32. The standard InChI is InChI=1S/C8H12O2/c1-3-4-8(2)5-6-10-7(8)9/h3H,1,4-6H2,2H3. The monoisotopic (exact) mass is 140 g/mol. The number of carbonyl (C=O) groups excluding carboxylic acids is 1. The summed E-state index contributed by atoms with van der Waals surface area (Å²) < 4.78 is 4.83. The Morgan fingerprint density at radius 2 is 2.60 bits per heavy atom. The molecular weight excluding hydrogens is 128 g/mol. The van der Waals surface area contributed by atoms with Crippen LogP contribution in [-0.4, -0.2) is 12.6 Å². The third-order valence-electron chi connectivity index (χ3n) is 1.97. The lowest BCUT2D eigenvalue weighted by Crippen LogP contribution is -2.20. The van der Waals surface area contributed by atoms with Gasteiger partial charge in [0.05, 0.1) is 12.0 Å². The maximum Gasteiger partial charge on any atom is 0.312 e. The molecule has 0 N–H and O–H groups in total. The molecule has 2 nitrogen and oxygen atoms in total. The van der Waals surface area contributed by atoms with Gasteiger partial charge in [-0.15, -0.1) is 6.58 Å². The van der Waals surface area contributed by atoms with E-state index in [1.54, 1.807) is 6.08 Å². The average Bonchev–Trinajstić information content (AvgIpc) is 2.15. The number of hydrogen-bond acceptors (Lipinski definition) is 2. The molecule has 2 heteroatoms. The fourth-order valence-electron chi connectivity index (χ4n) is 1.15. The van der Waals surface area contributed by atoms with E-state index in [1.807, 2.05) is 6.92 Å². The highest BCUT2D eigenvalue weighted by Crippen LogP contribution is 2.32. The predicted octanol–water partition coefficient (Wildman–Crippen LogP) is 1.52. The van der Waals surface area contributed by atoms with Gasteiger partial charge in [-0.3, -0.25) is 4.79 Å². The van der Waals surface area contributed by atoms with Crippen molar-refractivity contribution in [2.24, 2.45) is 5.41 Å². The van der Waals surface area contributed by atoms with E-state index in [4.69, 9.17) is 4.74 Å². The van der Waals surface area contributed by atoms with Crippen molar-refractivity contribution in [1.82, 2.24) is 0 Å². The molecule has 1 atom stereocenters. The Kier molecular flexibility index (Phi) is 1.79. The van der Waals surface area contributed by atoms with E-state index in [2.05, 4.69) is 6.58 Å². The number of allylic oxidation sites excluding steroid dienone is 1. The minimum Gasteiger partial charge on any atom is -0.465 e. The largest absolute Gasteiger partial charge is 0.465 e. The first-order valence-electron chi connectivity index (χ1n) is 3.47. The van der Waals surface area contributed by atoms with Gasteiger partial charge in [0.25, 0.3) is 0 Å². The number of ether oxygens (including phenoxy) is 1. The van der Waals surface area contributed by atoms with Crippen LogP contribution in [0, 0.1) is 5.41 Å². The van der Waals surface area contributed by atoms with Crippen LogP contribution >= 0.6 is 0 Å². The smallest absolute Gasteiger partial charge is 0.312 e. The van der Waals surface area contributed by atoms with Crippen molar-refractivity contribution in [3.05, 3.63) is 12.7 Å². The molecule has 0 aromatic rings. The number of carbonyl (C=O) groups is 1. The first-order valence-corrected chi connectivity index (χ1v) is 3.47. The molecule has 0 bridgehead atoms. The van der Waals surface area contributed by atoms with Crippen LogP contribution in [0.2, 0.25) is 0 Å². The summed E-state index contributed by atoms with van der Waals surface area (Å²) in [4.78, 5) is 11.0. The molecule has 1 aliphatic heterocycles. The SMILES string of the molecule is C=CCC1(C)CCOC1=O. The van der Waals surface area contributed by atoms with Gasteiger partial charge in [0.2, 0.25) is 0 Å². The van der Waals surface area contributed by atoms with E-state index >= 15 is 0 Å². The second kappa shape index (κ2) is 2.45. The number of hydrogen-bond donors (Lipinski definition) is 0. The van der Waals surface area contributed by atoms with E-state index in [0.717, 1.165) is 12.8 Å². The zero-order valence-electron chi connectivity index (χ0n) is 6.22. The van der Waals surface area contributed by atoms with Gasteiger partial charge in [-0.25, -0.2) is 0 Å². The Morgan fingerprint density at radius 1 is 1.90 bits per heavy atom. The molecule has 0 aromatic heterocycles. The molecule has 0 aliphatic carbocycles. The highest BCUT2D eigenvalue weighted by atomic mass is 16.5. The molecule has 56 valence electrons. The third kappa shape index (κ3) is 1.06. The summed E-state index contributed by atoms with van der Waals surface area (Å²) in [6.45, 7) is 6.09. The molecule has 1 rings (SSSR count). The third-order valence-corrected chi connectivity index (χ3v) is 1.97. The van der Waals surface area contributed by atoms with Gasteiger partial charge in [0.1, 0.15) is 0 Å². The maximum atomic E-state index is 11.0. The molecule has 1 heterocycles. The lowest BCUT2D eigenvalue weighted by Gasteiger charge is -2.14. The van der Waals surface area contributed by atoms with E-state index in [-0.39, 0.29) is 11.4 Å². The molecule has 0 amide bonds. The van der Waals surface area contributed by atoms with Crippen molar-refractivity contribution < 1.29 is 9.53 Å². The minimum atomic E-state index is -0.276. The van der Waals surface area contributed by atoms with Gasteiger partial charge in [0, 0.05) is 0 Å². The Hall–Kier alpha value is -0.790. The van der Waals surface area contributed by atoms with Crippen molar-refractivity contribution in [1.29, 1.82) is 0 Å². The highest BCUT2D eigenvalue weighted by molar-refractivity contribution is 5.78. The Bertz CT molecular complexity index is 163. The predicted molar refractivity (Wildman–Crippen MR) is 38.5 cm³/mol. The zero-order chi connectivity index (χ0) is 7.61. The Morgan fingerprint density at radius 3 is 3.00 bits per heavy atom. The summed E-state index contributed by atoms with van der Waals surface area (Å²) in [5, 5.41) is 0. The van der Waals surface area contributed by atoms with Gasteiger partial charge in [-0.2, -0.15) is 0 Å². The fourth-order valence-corrected chi connectivity index (χ4v) is 1.15. The van der Waals surface area contributed by atoms with Crippen molar-refractivity contribution in [2.75, 3.05) is 6.61 Å². The van der Waals surface area contributed by atoms with Gasteiger partial charge in [-0.1, -0.05) is 6.08 Å². The molecular formula is C8H12O2. The topological polar surface area (TPSA) is 26.3 Å². The molecule has 0 spiro atoms. The summed E-state index contributed by atoms with van der Waals surface area (Å²) in [6, 6.07) is 0. The van der Waals surface area contributed by atoms with Gasteiger partial charge >= 0.3 is 5.97 Å². The molecule has 10 heavy (non-hydrogen) atoms. The summed E-state index contributed by atoms with van der Waals surface area (Å²) in [5.41, 5.74) is -0.276. The highest BCUT2D eigenvalue weighted by Gasteiger charge is 2.38. The van der Waals surface area contributed by atoms with Crippen molar-refractivity contribution in [3.63, 3.8) is 0 Å². The van der Waals surface area contributed by atoms with Crippen LogP contribution in [0.15, 0.2) is 12.7 Å². The second-order valence-corrected chi connectivity index (χ2v) is 2.94. The number of esters is 1. The summed E-state index contributed by atoms with van der Waals surface area (Å²) in [5.74, 6) is -0.0765. The lowest BCUT2D eigenvalue weighted by molar-refractivity contribution is -0.145. The average molecular weight is 140 g/mol. The van der Waals surface area contributed by atoms with Crippen LogP contribution in [0.4, 0.5) is 0 Å². The molecule has 1 fully saturated rings. The lowest BCUT2D eigenvalue weighted by atomic mass is 9.86. The van der Waals surface area contributed by atoms with Gasteiger partial charge in [-0.05, 0) is 19.8 Å². The fraction of sp³-hybridized carbons (Fsp3) is 0.625. The van der Waals surface area contributed by atoms with E-state index in [0.29, 0.717) is 6.61 Å². The quantitative estimate of drug-likeness (QED) is 0.429. The normalized spacial score (nSPS) is 31.9. The summed E-state index contributed by atoms with van der Waals surface area (Å²) in [7, 11) is 0.